The molecule has 1 heterocycles. The van der Waals surface area contributed by atoms with Crippen LogP contribution in [0.5, 0.6) is 0 Å². The number of benzene rings is 2. The van der Waals surface area contributed by atoms with E-state index in [0.29, 0.717) is 19.4 Å². The molecule has 13 nitrogen and oxygen atoms in total. The molecule has 49 heavy (non-hydrogen) atoms. The Morgan fingerprint density at radius 3 is 2.06 bits per heavy atom. The first-order valence-electron chi connectivity index (χ1n) is 17.2. The number of amides is 4. The highest BCUT2D eigenvalue weighted by Crippen LogP contribution is 2.47. The van der Waals surface area contributed by atoms with Crippen LogP contribution in [0.15, 0.2) is 60.7 Å². The van der Waals surface area contributed by atoms with Crippen molar-refractivity contribution < 1.29 is 29.1 Å². The van der Waals surface area contributed by atoms with E-state index in [1.807, 2.05) is 55.6 Å². The van der Waals surface area contributed by atoms with Crippen LogP contribution < -0.4 is 32.3 Å². The summed E-state index contributed by atoms with van der Waals surface area (Å²) in [7, 11) is 1.83. The van der Waals surface area contributed by atoms with Crippen LogP contribution in [0.25, 0.3) is 0 Å². The molecule has 1 aliphatic heterocycles. The van der Waals surface area contributed by atoms with Crippen molar-refractivity contribution in [3.05, 3.63) is 71.8 Å². The first-order chi connectivity index (χ1) is 23.5. The lowest BCUT2D eigenvalue weighted by Crippen LogP contribution is -2.59. The lowest BCUT2D eigenvalue weighted by atomic mass is 9.88. The minimum Gasteiger partial charge on any atom is -0.480 e. The van der Waals surface area contributed by atoms with Gasteiger partial charge in [0.25, 0.3) is 0 Å². The number of aliphatic carboxylic acids is 1. The highest BCUT2D eigenvalue weighted by Gasteiger charge is 2.43. The van der Waals surface area contributed by atoms with Gasteiger partial charge in [0.05, 0.1) is 13.1 Å². The predicted octanol–water partition coefficient (Wildman–Crippen LogP) is 0.431. The van der Waals surface area contributed by atoms with Gasteiger partial charge in [-0.05, 0) is 69.7 Å². The number of carbonyl (C=O) groups is 5. The Morgan fingerprint density at radius 1 is 0.837 bits per heavy atom. The zero-order chi connectivity index (χ0) is 35.3. The fourth-order valence-electron chi connectivity index (χ4n) is 6.23. The first kappa shape index (κ1) is 37.5. The van der Waals surface area contributed by atoms with Gasteiger partial charge < -0.3 is 42.3 Å². The molecule has 1 saturated heterocycles. The number of carboxylic acid groups (broad SMARTS) is 1. The minimum atomic E-state index is -1.38. The van der Waals surface area contributed by atoms with Gasteiger partial charge in [-0.2, -0.15) is 0 Å². The molecule has 4 amide bonds. The molecule has 0 spiro atoms. The molecule has 1 saturated carbocycles. The molecule has 2 aromatic carbocycles. The monoisotopic (exact) mass is 677 g/mol. The molecule has 2 aliphatic rings. The van der Waals surface area contributed by atoms with Gasteiger partial charge >= 0.3 is 5.97 Å². The van der Waals surface area contributed by atoms with Crippen LogP contribution >= 0.6 is 0 Å². The van der Waals surface area contributed by atoms with Crippen LogP contribution in [0.3, 0.4) is 0 Å². The van der Waals surface area contributed by atoms with E-state index in [9.17, 15) is 29.1 Å². The number of carboxylic acids is 1. The van der Waals surface area contributed by atoms with Gasteiger partial charge in [0.15, 0.2) is 0 Å². The zero-order valence-corrected chi connectivity index (χ0v) is 28.3. The molecule has 0 aromatic heterocycles. The Labute approximate surface area is 288 Å². The molecule has 266 valence electrons. The Kier molecular flexibility index (Phi) is 13.7. The molecular weight excluding hydrogens is 626 g/mol. The summed E-state index contributed by atoms with van der Waals surface area (Å²) < 4.78 is 0. The highest BCUT2D eigenvalue weighted by molar-refractivity contribution is 5.93. The van der Waals surface area contributed by atoms with Crippen LogP contribution in [0.1, 0.15) is 56.1 Å². The standard InChI is InChI=1S/C36H51N7O6/c1-38-19-9-8-14-28(33(47)43-20-17-36(37,18-21-43)34(48)49)41-31(45)24-40-32(46)29(22-26-10-4-2-5-11-26)42-30(44)23-39-25-35(15-16-35)27-12-6-3-7-13-27/h2-7,10-13,28-29,38-39H,8-9,14-25,37H2,1H3,(H,40,46)(H,41,45)(H,42,44)(H,48,49). The van der Waals surface area contributed by atoms with Gasteiger partial charge in [-0.15, -0.1) is 0 Å². The number of nitrogens with two attached hydrogens (primary N) is 1. The normalized spacial score (nSPS) is 17.3. The van der Waals surface area contributed by atoms with Crippen molar-refractivity contribution in [3.63, 3.8) is 0 Å². The molecule has 4 rings (SSSR count). The second kappa shape index (κ2) is 17.9. The van der Waals surface area contributed by atoms with Gasteiger partial charge in [-0.1, -0.05) is 60.7 Å². The Balaban J connectivity index is 1.31. The van der Waals surface area contributed by atoms with Gasteiger partial charge in [-0.3, -0.25) is 24.0 Å². The molecule has 13 heteroatoms. The van der Waals surface area contributed by atoms with E-state index in [-0.39, 0.29) is 62.7 Å². The molecule has 2 unspecified atom stereocenters. The summed E-state index contributed by atoms with van der Waals surface area (Å²) in [6.45, 7) is 1.40. The molecule has 2 aromatic rings. The maximum Gasteiger partial charge on any atom is 0.323 e. The van der Waals surface area contributed by atoms with E-state index in [0.717, 1.165) is 31.4 Å². The summed E-state index contributed by atoms with van der Waals surface area (Å²) in [6, 6.07) is 17.8. The number of piperidine rings is 1. The van der Waals surface area contributed by atoms with Crippen molar-refractivity contribution in [1.29, 1.82) is 0 Å². The van der Waals surface area contributed by atoms with Gasteiger partial charge in [-0.25, -0.2) is 0 Å². The van der Waals surface area contributed by atoms with E-state index in [4.69, 9.17) is 5.73 Å². The van der Waals surface area contributed by atoms with Gasteiger partial charge in [0, 0.05) is 31.5 Å². The average Bonchev–Trinajstić information content (AvgIpc) is 3.90. The number of likely N-dealkylation sites (tertiary alicyclic amines) is 1. The van der Waals surface area contributed by atoms with Crippen molar-refractivity contribution in [3.8, 4) is 0 Å². The molecule has 1 aliphatic carbocycles. The van der Waals surface area contributed by atoms with Crippen molar-refractivity contribution in [2.45, 2.75) is 74.4 Å². The van der Waals surface area contributed by atoms with E-state index < -0.39 is 35.4 Å². The third kappa shape index (κ3) is 11.1. The van der Waals surface area contributed by atoms with E-state index in [1.165, 1.54) is 5.56 Å². The molecule has 0 bridgehead atoms. The Bertz CT molecular complexity index is 1410. The van der Waals surface area contributed by atoms with Crippen LogP contribution in [-0.2, 0) is 35.8 Å². The Morgan fingerprint density at radius 2 is 1.45 bits per heavy atom. The fraction of sp³-hybridized carbons (Fsp3) is 0.528. The number of hydrogen-bond acceptors (Lipinski definition) is 8. The maximum atomic E-state index is 13.4. The summed E-state index contributed by atoms with van der Waals surface area (Å²) in [5, 5.41) is 24.0. The number of nitrogens with zero attached hydrogens (tertiary/aromatic N) is 1. The largest absolute Gasteiger partial charge is 0.480 e. The number of hydrogen-bond donors (Lipinski definition) is 7. The van der Waals surface area contributed by atoms with Crippen LogP contribution in [0.2, 0.25) is 0 Å². The van der Waals surface area contributed by atoms with Gasteiger partial charge in [0.1, 0.15) is 17.6 Å². The first-order valence-corrected chi connectivity index (χ1v) is 17.2. The lowest BCUT2D eigenvalue weighted by Gasteiger charge is -2.37. The topological polar surface area (TPSA) is 195 Å². The number of unbranched alkanes of at least 4 members (excludes halogenated alkanes) is 1. The molecule has 2 fully saturated rings. The minimum absolute atomic E-state index is 0.0311. The van der Waals surface area contributed by atoms with Gasteiger partial charge in [0.2, 0.25) is 23.6 Å². The second-order valence-electron chi connectivity index (χ2n) is 13.3. The van der Waals surface area contributed by atoms with Crippen LogP contribution in [0, 0.1) is 0 Å². The summed E-state index contributed by atoms with van der Waals surface area (Å²) in [4.78, 5) is 66.0. The zero-order valence-electron chi connectivity index (χ0n) is 28.3. The van der Waals surface area contributed by atoms with Crippen molar-refractivity contribution >= 4 is 29.6 Å². The van der Waals surface area contributed by atoms with Crippen LogP contribution in [-0.4, -0.2) is 104 Å². The third-order valence-electron chi connectivity index (χ3n) is 9.54. The quantitative estimate of drug-likeness (QED) is 0.103. The summed E-state index contributed by atoms with van der Waals surface area (Å²) in [5.41, 5.74) is 6.73. The Hall–Kier alpha value is -4.33. The number of nitrogens with one attached hydrogen (secondary N) is 5. The van der Waals surface area contributed by atoms with Crippen molar-refractivity contribution in [2.24, 2.45) is 5.73 Å². The molecule has 2 atom stereocenters. The third-order valence-corrected chi connectivity index (χ3v) is 9.54. The summed E-state index contributed by atoms with van der Waals surface area (Å²) in [6.07, 6.45) is 4.40. The van der Waals surface area contributed by atoms with Crippen LogP contribution in [0.4, 0.5) is 0 Å². The maximum absolute atomic E-state index is 13.4. The number of rotatable bonds is 19. The fourth-order valence-corrected chi connectivity index (χ4v) is 6.23. The highest BCUT2D eigenvalue weighted by atomic mass is 16.4. The molecule has 0 radical (unpaired) electrons. The smallest absolute Gasteiger partial charge is 0.323 e. The molecular formula is C36H51N7O6. The SMILES string of the molecule is CNCCCCC(NC(=O)CNC(=O)C(Cc1ccccc1)NC(=O)CNCC1(c2ccccc2)CC1)C(=O)N1CCC(N)(C(=O)O)CC1. The van der Waals surface area contributed by atoms with E-state index in [2.05, 4.69) is 38.7 Å². The summed E-state index contributed by atoms with van der Waals surface area (Å²) in [5.74, 6) is -2.80. The second-order valence-corrected chi connectivity index (χ2v) is 13.3. The van der Waals surface area contributed by atoms with Crippen molar-refractivity contribution in [1.82, 2.24) is 31.5 Å². The van der Waals surface area contributed by atoms with E-state index >= 15 is 0 Å². The number of carbonyl (C=O) groups excluding carboxylic acids is 4. The summed E-state index contributed by atoms with van der Waals surface area (Å²) >= 11 is 0. The van der Waals surface area contributed by atoms with E-state index in [1.54, 1.807) is 4.90 Å². The van der Waals surface area contributed by atoms with Crippen molar-refractivity contribution in [2.75, 3.05) is 46.3 Å². The lowest BCUT2D eigenvalue weighted by molar-refractivity contribution is -0.148. The molecule has 8 N–H and O–H groups in total. The average molecular weight is 678 g/mol. The predicted molar refractivity (Wildman–Crippen MR) is 185 cm³/mol.